The third-order valence-electron chi connectivity index (χ3n) is 4.73. The first-order chi connectivity index (χ1) is 15.7. The number of hydrogen-bond acceptors (Lipinski definition) is 3. The molecule has 2 aliphatic heterocycles. The van der Waals surface area contributed by atoms with E-state index in [0.29, 0.717) is 29.1 Å². The quantitative estimate of drug-likeness (QED) is 0.496. The first kappa shape index (κ1) is 22.9. The van der Waals surface area contributed by atoms with Crippen LogP contribution in [-0.4, -0.2) is 19.5 Å². The van der Waals surface area contributed by atoms with Crippen molar-refractivity contribution in [2.45, 2.75) is 27.0 Å². The Morgan fingerprint density at radius 3 is 2.34 bits per heavy atom. The number of benzene rings is 2. The molecule has 0 saturated carbocycles. The van der Waals surface area contributed by atoms with Crippen molar-refractivity contribution >= 4 is 0 Å². The lowest BCUT2D eigenvalue weighted by atomic mass is 10.2. The molecule has 0 unspecified atom stereocenters. The van der Waals surface area contributed by atoms with Gasteiger partial charge in [0.15, 0.2) is 0 Å². The van der Waals surface area contributed by atoms with Crippen molar-refractivity contribution in [1.29, 1.82) is 0 Å². The second-order valence-electron chi connectivity index (χ2n) is 6.82. The number of aliphatic hydroxyl groups is 1. The summed E-state index contributed by atoms with van der Waals surface area (Å²) in [4.78, 5) is 13.2. The number of halogens is 1. The monoisotopic (exact) mass is 431 g/mol. The van der Waals surface area contributed by atoms with Crippen molar-refractivity contribution < 1.29 is 9.50 Å². The summed E-state index contributed by atoms with van der Waals surface area (Å²) in [5.41, 5.74) is 2.74. The molecule has 0 atom stereocenters. The Balaban J connectivity index is 0.00000141. The summed E-state index contributed by atoms with van der Waals surface area (Å²) in [5, 5.41) is 14.1. The third kappa shape index (κ3) is 5.28. The van der Waals surface area contributed by atoms with Crippen LogP contribution in [0.25, 0.3) is 16.9 Å². The van der Waals surface area contributed by atoms with Crippen molar-refractivity contribution in [1.82, 2.24) is 14.3 Å². The smallest absolute Gasteiger partial charge is 0.282 e. The van der Waals surface area contributed by atoms with Gasteiger partial charge in [0.2, 0.25) is 0 Å². The number of fused-ring (bicyclic) bond motifs is 1. The summed E-state index contributed by atoms with van der Waals surface area (Å²) in [6.45, 7) is 4.27. The highest BCUT2D eigenvalue weighted by Crippen LogP contribution is 2.18. The van der Waals surface area contributed by atoms with Gasteiger partial charge in [-0.25, -0.2) is 4.39 Å². The van der Waals surface area contributed by atoms with E-state index in [1.807, 2.05) is 48.9 Å². The lowest BCUT2D eigenvalue weighted by Crippen LogP contribution is -2.16. The van der Waals surface area contributed by atoms with Gasteiger partial charge in [-0.3, -0.25) is 4.79 Å². The van der Waals surface area contributed by atoms with E-state index in [0.717, 1.165) is 5.56 Å². The fraction of sp³-hybridized carbons (Fsp3) is 0.154. The van der Waals surface area contributed by atoms with E-state index in [-0.39, 0.29) is 18.0 Å². The molecule has 32 heavy (non-hydrogen) atoms. The normalized spacial score (nSPS) is 10.2. The Bertz CT molecular complexity index is 1240. The molecule has 2 heterocycles. The van der Waals surface area contributed by atoms with Crippen LogP contribution in [-0.2, 0) is 13.2 Å². The summed E-state index contributed by atoms with van der Waals surface area (Å²) < 4.78 is 16.4. The molecule has 164 valence electrons. The predicted octanol–water partition coefficient (Wildman–Crippen LogP) is 4.97. The highest BCUT2D eigenvalue weighted by Gasteiger charge is 2.16. The van der Waals surface area contributed by atoms with Gasteiger partial charge >= 0.3 is 0 Å². The predicted molar refractivity (Wildman–Crippen MR) is 125 cm³/mol. The SMILES string of the molecule is CC.O=c1c2cn(Cc3ccc(F)cc3)ccccccc-2nn1-c1ccccc1CO. The van der Waals surface area contributed by atoms with Crippen molar-refractivity contribution in [3.8, 4) is 16.9 Å². The molecule has 6 heteroatoms. The molecule has 0 bridgehead atoms. The molecule has 0 amide bonds. The summed E-state index contributed by atoms with van der Waals surface area (Å²) in [7, 11) is 0. The van der Waals surface area contributed by atoms with E-state index in [1.54, 1.807) is 48.7 Å². The molecule has 5 nitrogen and oxygen atoms in total. The summed E-state index contributed by atoms with van der Waals surface area (Å²) in [6, 6.07) is 22.6. The van der Waals surface area contributed by atoms with Crippen LogP contribution in [0.15, 0.2) is 96.1 Å². The zero-order valence-corrected chi connectivity index (χ0v) is 18.1. The van der Waals surface area contributed by atoms with Gasteiger partial charge in [-0.15, -0.1) is 0 Å². The van der Waals surface area contributed by atoms with Crippen LogP contribution < -0.4 is 5.56 Å². The minimum atomic E-state index is -0.291. The van der Waals surface area contributed by atoms with Gasteiger partial charge in [-0.2, -0.15) is 9.78 Å². The Morgan fingerprint density at radius 2 is 1.59 bits per heavy atom. The molecule has 0 saturated heterocycles. The average molecular weight is 432 g/mol. The van der Waals surface area contributed by atoms with Gasteiger partial charge in [0.25, 0.3) is 5.56 Å². The lowest BCUT2D eigenvalue weighted by molar-refractivity contribution is 0.281. The first-order valence-electron chi connectivity index (χ1n) is 10.5. The fourth-order valence-corrected chi connectivity index (χ4v) is 3.23. The van der Waals surface area contributed by atoms with Gasteiger partial charge in [0.1, 0.15) is 5.82 Å². The molecule has 0 spiro atoms. The molecule has 2 aromatic rings. The molecule has 2 aliphatic rings. The van der Waals surface area contributed by atoms with Gasteiger partial charge in [-0.1, -0.05) is 62.4 Å². The Morgan fingerprint density at radius 1 is 0.906 bits per heavy atom. The second-order valence-corrected chi connectivity index (χ2v) is 6.82. The van der Waals surface area contributed by atoms with E-state index >= 15 is 0 Å². The molecule has 0 aromatic heterocycles. The fourth-order valence-electron chi connectivity index (χ4n) is 3.23. The molecule has 1 N–H and O–H groups in total. The first-order valence-corrected chi connectivity index (χ1v) is 10.5. The molecule has 0 fully saturated rings. The van der Waals surface area contributed by atoms with Crippen LogP contribution in [0.1, 0.15) is 25.0 Å². The molecule has 0 radical (unpaired) electrons. The van der Waals surface area contributed by atoms with Gasteiger partial charge in [0.05, 0.1) is 23.6 Å². The van der Waals surface area contributed by atoms with Crippen LogP contribution >= 0.6 is 0 Å². The zero-order valence-electron chi connectivity index (χ0n) is 18.1. The zero-order chi connectivity index (χ0) is 22.9. The van der Waals surface area contributed by atoms with Gasteiger partial charge in [-0.05, 0) is 35.9 Å². The molecular formula is C26H26FN3O2. The van der Waals surface area contributed by atoms with Crippen LogP contribution in [0.4, 0.5) is 4.39 Å². The average Bonchev–Trinajstić information content (AvgIpc) is 3.14. The molecular weight excluding hydrogens is 405 g/mol. The van der Waals surface area contributed by atoms with E-state index in [9.17, 15) is 14.3 Å². The largest absolute Gasteiger partial charge is 0.392 e. The van der Waals surface area contributed by atoms with Gasteiger partial charge < -0.3 is 9.67 Å². The highest BCUT2D eigenvalue weighted by atomic mass is 19.1. The summed E-state index contributed by atoms with van der Waals surface area (Å²) in [5.74, 6) is -0.291. The topological polar surface area (TPSA) is 60.0 Å². The minimum Gasteiger partial charge on any atom is -0.392 e. The third-order valence-corrected chi connectivity index (χ3v) is 4.73. The molecule has 4 rings (SSSR count). The standard InChI is InChI=1S/C24H20FN3O2.C2H6/c25-20-12-10-18(11-13-20)15-27-14-6-2-1-3-8-22-21(16-27)24(30)28(26-22)23-9-5-4-7-19(23)17-29;1-2/h1-14,16,29H,15,17H2;1-2H3. The van der Waals surface area contributed by atoms with Crippen molar-refractivity contribution in [2.24, 2.45) is 0 Å². The number of para-hydroxylation sites is 1. The van der Waals surface area contributed by atoms with Crippen LogP contribution in [0.2, 0.25) is 0 Å². The summed E-state index contributed by atoms with van der Waals surface area (Å²) >= 11 is 0. The Hall–Kier alpha value is -3.77. The number of aromatic nitrogens is 3. The maximum Gasteiger partial charge on any atom is 0.282 e. The van der Waals surface area contributed by atoms with Crippen molar-refractivity contribution in [3.05, 3.63) is 119 Å². The maximum absolute atomic E-state index is 13.2. The van der Waals surface area contributed by atoms with E-state index in [1.165, 1.54) is 16.8 Å². The maximum atomic E-state index is 13.2. The van der Waals surface area contributed by atoms with Gasteiger partial charge in [0, 0.05) is 24.5 Å². The highest BCUT2D eigenvalue weighted by molar-refractivity contribution is 5.59. The number of rotatable bonds is 4. The van der Waals surface area contributed by atoms with E-state index < -0.39 is 0 Å². The Labute approximate surface area is 186 Å². The van der Waals surface area contributed by atoms with Crippen LogP contribution in [0.5, 0.6) is 0 Å². The lowest BCUT2D eigenvalue weighted by Gasteiger charge is -2.06. The minimum absolute atomic E-state index is 0.193. The number of hydrogen-bond donors (Lipinski definition) is 1. The van der Waals surface area contributed by atoms with Crippen LogP contribution in [0.3, 0.4) is 0 Å². The second kappa shape index (κ2) is 11.0. The molecule has 0 aliphatic carbocycles. The number of aliphatic hydroxyl groups excluding tert-OH is 1. The Kier molecular flexibility index (Phi) is 7.89. The van der Waals surface area contributed by atoms with E-state index in [2.05, 4.69) is 5.10 Å². The van der Waals surface area contributed by atoms with Crippen molar-refractivity contribution in [3.63, 3.8) is 0 Å². The number of nitrogens with zero attached hydrogens (tertiary/aromatic N) is 3. The van der Waals surface area contributed by atoms with E-state index in [4.69, 9.17) is 0 Å². The molecule has 2 aromatic carbocycles. The van der Waals surface area contributed by atoms with Crippen LogP contribution in [0, 0.1) is 5.82 Å². The summed E-state index contributed by atoms with van der Waals surface area (Å²) in [6.07, 6.45) is 3.59. The van der Waals surface area contributed by atoms with Crippen molar-refractivity contribution in [2.75, 3.05) is 0 Å².